The summed E-state index contributed by atoms with van der Waals surface area (Å²) in [5.74, 6) is -15.8. The quantitative estimate of drug-likeness (QED) is 0.522. The Balaban J connectivity index is 3.10. The standard InChI is InChI=1S/C5H3F7/c6-2-1-3(7,8)5(11,12)4(2,9)10/h2H,1H2. The molecular weight excluding hydrogens is 193 g/mol. The van der Waals surface area contributed by atoms with Crippen LogP contribution in [0.3, 0.4) is 0 Å². The fourth-order valence-corrected chi connectivity index (χ4v) is 0.922. The molecule has 0 aromatic heterocycles. The molecule has 0 N–H and O–H groups in total. The van der Waals surface area contributed by atoms with Gasteiger partial charge in [-0.2, -0.15) is 26.3 Å². The lowest BCUT2D eigenvalue weighted by Gasteiger charge is -2.22. The highest BCUT2D eigenvalue weighted by molar-refractivity contribution is 5.08. The molecular formula is C5H3F7. The zero-order valence-electron chi connectivity index (χ0n) is 5.43. The van der Waals surface area contributed by atoms with Gasteiger partial charge in [-0.25, -0.2) is 4.39 Å². The Hall–Kier alpha value is -0.490. The van der Waals surface area contributed by atoms with Crippen LogP contribution in [-0.2, 0) is 0 Å². The molecule has 1 atom stereocenters. The predicted octanol–water partition coefficient (Wildman–Crippen LogP) is 2.63. The number of alkyl halides is 7. The Bertz CT molecular complexity index is 196. The molecule has 0 amide bonds. The van der Waals surface area contributed by atoms with E-state index in [0.717, 1.165) is 0 Å². The van der Waals surface area contributed by atoms with Crippen molar-refractivity contribution in [1.82, 2.24) is 0 Å². The Kier molecular flexibility index (Phi) is 1.64. The second-order valence-corrected chi connectivity index (χ2v) is 2.57. The highest BCUT2D eigenvalue weighted by atomic mass is 19.3. The molecule has 0 nitrogen and oxygen atoms in total. The molecule has 1 aliphatic carbocycles. The van der Waals surface area contributed by atoms with Gasteiger partial charge in [-0.15, -0.1) is 0 Å². The minimum absolute atomic E-state index is 2.13. The van der Waals surface area contributed by atoms with Gasteiger partial charge in [0.2, 0.25) is 0 Å². The van der Waals surface area contributed by atoms with E-state index >= 15 is 0 Å². The van der Waals surface area contributed by atoms with Crippen molar-refractivity contribution in [2.45, 2.75) is 30.4 Å². The summed E-state index contributed by atoms with van der Waals surface area (Å²) >= 11 is 0. The van der Waals surface area contributed by atoms with E-state index < -0.39 is 30.4 Å². The largest absolute Gasteiger partial charge is 0.375 e. The summed E-state index contributed by atoms with van der Waals surface area (Å²) < 4.78 is 84.0. The Morgan fingerprint density at radius 3 is 1.42 bits per heavy atom. The molecule has 7 heteroatoms. The average Bonchev–Trinajstić information content (AvgIpc) is 1.92. The van der Waals surface area contributed by atoms with Crippen LogP contribution in [0.5, 0.6) is 0 Å². The topological polar surface area (TPSA) is 0 Å². The minimum Gasteiger partial charge on any atom is -0.240 e. The molecule has 0 spiro atoms. The first kappa shape index (κ1) is 9.60. The van der Waals surface area contributed by atoms with Gasteiger partial charge in [-0.3, -0.25) is 0 Å². The van der Waals surface area contributed by atoms with E-state index in [0.29, 0.717) is 0 Å². The van der Waals surface area contributed by atoms with Gasteiger partial charge in [0.15, 0.2) is 6.17 Å². The van der Waals surface area contributed by atoms with Crippen LogP contribution in [0.4, 0.5) is 30.7 Å². The Morgan fingerprint density at radius 2 is 1.33 bits per heavy atom. The first-order valence-electron chi connectivity index (χ1n) is 2.90. The van der Waals surface area contributed by atoms with Crippen LogP contribution in [0.15, 0.2) is 0 Å². The molecule has 0 aromatic rings. The van der Waals surface area contributed by atoms with Crippen LogP contribution < -0.4 is 0 Å². The predicted molar refractivity (Wildman–Crippen MR) is 24.4 cm³/mol. The van der Waals surface area contributed by atoms with Crippen molar-refractivity contribution in [3.8, 4) is 0 Å². The third-order valence-electron chi connectivity index (χ3n) is 1.71. The summed E-state index contributed by atoms with van der Waals surface area (Å²) in [4.78, 5) is 0. The van der Waals surface area contributed by atoms with Gasteiger partial charge in [-0.1, -0.05) is 0 Å². The lowest BCUT2D eigenvalue weighted by Crippen LogP contribution is -2.48. The van der Waals surface area contributed by atoms with Crippen molar-refractivity contribution in [3.63, 3.8) is 0 Å². The van der Waals surface area contributed by atoms with Crippen LogP contribution >= 0.6 is 0 Å². The lowest BCUT2D eigenvalue weighted by molar-refractivity contribution is -0.277. The molecule has 12 heavy (non-hydrogen) atoms. The summed E-state index contributed by atoms with van der Waals surface area (Å²) in [6.07, 6.45) is -5.62. The van der Waals surface area contributed by atoms with Crippen LogP contribution in [0.25, 0.3) is 0 Å². The van der Waals surface area contributed by atoms with Gasteiger partial charge < -0.3 is 0 Å². The Labute approximate surface area is 62.4 Å². The number of rotatable bonds is 0. The van der Waals surface area contributed by atoms with Crippen molar-refractivity contribution in [2.24, 2.45) is 0 Å². The lowest BCUT2D eigenvalue weighted by atomic mass is 10.2. The van der Waals surface area contributed by atoms with Crippen LogP contribution in [0, 0.1) is 0 Å². The maximum atomic E-state index is 12.0. The molecule has 0 bridgehead atoms. The third-order valence-corrected chi connectivity index (χ3v) is 1.71. The zero-order chi connectivity index (χ0) is 9.78. The minimum atomic E-state index is -5.58. The maximum absolute atomic E-state index is 12.0. The summed E-state index contributed by atoms with van der Waals surface area (Å²) in [5, 5.41) is 0. The van der Waals surface area contributed by atoms with E-state index in [1.54, 1.807) is 0 Å². The number of hydrogen-bond donors (Lipinski definition) is 0. The second kappa shape index (κ2) is 2.05. The number of hydrogen-bond acceptors (Lipinski definition) is 0. The van der Waals surface area contributed by atoms with Crippen LogP contribution in [0.1, 0.15) is 6.42 Å². The van der Waals surface area contributed by atoms with Gasteiger partial charge >= 0.3 is 17.8 Å². The summed E-state index contributed by atoms with van der Waals surface area (Å²) in [6, 6.07) is 0. The first-order chi connectivity index (χ1) is 5.13. The van der Waals surface area contributed by atoms with Crippen molar-refractivity contribution >= 4 is 0 Å². The van der Waals surface area contributed by atoms with E-state index in [-0.39, 0.29) is 0 Å². The molecule has 1 aliphatic rings. The van der Waals surface area contributed by atoms with Gasteiger partial charge in [0.25, 0.3) is 0 Å². The highest BCUT2D eigenvalue weighted by Gasteiger charge is 2.81. The van der Waals surface area contributed by atoms with Crippen molar-refractivity contribution in [1.29, 1.82) is 0 Å². The van der Waals surface area contributed by atoms with E-state index in [1.807, 2.05) is 0 Å². The van der Waals surface area contributed by atoms with Gasteiger partial charge in [0.05, 0.1) is 6.42 Å². The van der Waals surface area contributed by atoms with Gasteiger partial charge in [0, 0.05) is 0 Å². The van der Waals surface area contributed by atoms with Crippen LogP contribution in [-0.4, -0.2) is 23.9 Å². The average molecular weight is 196 g/mol. The molecule has 1 saturated carbocycles. The molecule has 0 aliphatic heterocycles. The molecule has 72 valence electrons. The molecule has 0 heterocycles. The molecule has 1 rings (SSSR count). The monoisotopic (exact) mass is 196 g/mol. The van der Waals surface area contributed by atoms with Crippen LogP contribution in [0.2, 0.25) is 0 Å². The smallest absolute Gasteiger partial charge is 0.240 e. The molecule has 0 radical (unpaired) electrons. The fourth-order valence-electron chi connectivity index (χ4n) is 0.922. The summed E-state index contributed by atoms with van der Waals surface area (Å²) in [5.41, 5.74) is 0. The zero-order valence-corrected chi connectivity index (χ0v) is 5.43. The van der Waals surface area contributed by atoms with E-state index in [1.165, 1.54) is 0 Å². The summed E-state index contributed by atoms with van der Waals surface area (Å²) in [7, 11) is 0. The van der Waals surface area contributed by atoms with E-state index in [9.17, 15) is 30.7 Å². The van der Waals surface area contributed by atoms with Gasteiger partial charge in [-0.05, 0) is 0 Å². The number of halogens is 7. The SMILES string of the molecule is FC1CC(F)(F)C(F)(F)C1(F)F. The summed E-state index contributed by atoms with van der Waals surface area (Å²) in [6.45, 7) is 0. The van der Waals surface area contributed by atoms with Crippen molar-refractivity contribution in [2.75, 3.05) is 0 Å². The van der Waals surface area contributed by atoms with E-state index in [2.05, 4.69) is 0 Å². The van der Waals surface area contributed by atoms with E-state index in [4.69, 9.17) is 0 Å². The van der Waals surface area contributed by atoms with Gasteiger partial charge in [0.1, 0.15) is 0 Å². The molecule has 1 unspecified atom stereocenters. The normalized spacial score (nSPS) is 36.8. The molecule has 0 aromatic carbocycles. The maximum Gasteiger partial charge on any atom is 0.375 e. The fraction of sp³-hybridized carbons (Fsp3) is 1.00. The highest BCUT2D eigenvalue weighted by Crippen LogP contribution is 2.57. The van der Waals surface area contributed by atoms with Crippen molar-refractivity contribution < 1.29 is 30.7 Å². The second-order valence-electron chi connectivity index (χ2n) is 2.57. The first-order valence-corrected chi connectivity index (χ1v) is 2.90. The third kappa shape index (κ3) is 0.847. The molecule has 0 saturated heterocycles. The Morgan fingerprint density at radius 1 is 0.917 bits per heavy atom. The van der Waals surface area contributed by atoms with Crippen molar-refractivity contribution in [3.05, 3.63) is 0 Å². The molecule has 1 fully saturated rings.